The zero-order valence-electron chi connectivity index (χ0n) is 36.7. The number of hydrogen-bond acceptors (Lipinski definition) is 8. The van der Waals surface area contributed by atoms with Crippen LogP contribution in [0.4, 0.5) is 17.6 Å². The molecule has 8 rings (SSSR count). The standard InChI is InChI=1S/C52H47F4N5O4/c1-6-11-37(46-44(32-18-15-29(3)16-19-32)40-27-35-25-36(53)21-22-42(35)60-48(40)61(24-7-2)49(46)62)50(63)65-51(64)38(13-10-23-52(54,55)56)43-31(5)58-47-39(26-33-12-8-9-14-41(33)59-47)45(43)34-20-17-30(4)57-28-34/h8-9,12,14-22,25-28,37-38H,6-7,10-11,13,23-24H2,1-5H3. The summed E-state index contributed by atoms with van der Waals surface area (Å²) in [6.07, 6.45) is -3.86. The maximum Gasteiger partial charge on any atom is 0.389 e. The number of carbonyl (C=O) groups excluding carboxylic acids is 2. The van der Waals surface area contributed by atoms with Gasteiger partial charge in [-0.1, -0.05) is 74.4 Å². The highest BCUT2D eigenvalue weighted by atomic mass is 19.4. The number of aromatic nitrogens is 5. The van der Waals surface area contributed by atoms with Crippen LogP contribution < -0.4 is 5.56 Å². The van der Waals surface area contributed by atoms with E-state index in [1.54, 1.807) is 31.3 Å². The van der Waals surface area contributed by atoms with E-state index in [-0.39, 0.29) is 30.5 Å². The summed E-state index contributed by atoms with van der Waals surface area (Å²) in [4.78, 5) is 63.9. The van der Waals surface area contributed by atoms with Gasteiger partial charge in [0.15, 0.2) is 5.65 Å². The van der Waals surface area contributed by atoms with Crippen LogP contribution in [0.2, 0.25) is 0 Å². The van der Waals surface area contributed by atoms with E-state index in [1.165, 1.54) is 16.7 Å². The van der Waals surface area contributed by atoms with Crippen molar-refractivity contribution in [2.45, 2.75) is 97.7 Å². The van der Waals surface area contributed by atoms with Gasteiger partial charge in [-0.05, 0) is 100 Å². The molecule has 3 aromatic carbocycles. The van der Waals surface area contributed by atoms with Gasteiger partial charge in [0.1, 0.15) is 11.5 Å². The molecule has 0 bridgehead atoms. The van der Waals surface area contributed by atoms with Crippen molar-refractivity contribution in [3.05, 3.63) is 141 Å². The second kappa shape index (κ2) is 18.3. The number of fused-ring (bicyclic) bond motifs is 4. The molecule has 0 spiro atoms. The molecule has 2 atom stereocenters. The summed E-state index contributed by atoms with van der Waals surface area (Å²) < 4.78 is 63.5. The van der Waals surface area contributed by atoms with Crippen molar-refractivity contribution < 1.29 is 31.9 Å². The normalized spacial score (nSPS) is 12.9. The van der Waals surface area contributed by atoms with Crippen LogP contribution >= 0.6 is 0 Å². The van der Waals surface area contributed by atoms with Crippen molar-refractivity contribution in [3.63, 3.8) is 0 Å². The molecule has 0 amide bonds. The van der Waals surface area contributed by atoms with Gasteiger partial charge in [-0.3, -0.25) is 23.9 Å². The Labute approximate surface area is 372 Å². The van der Waals surface area contributed by atoms with Crippen LogP contribution in [-0.4, -0.2) is 42.6 Å². The van der Waals surface area contributed by atoms with Gasteiger partial charge in [0.2, 0.25) is 0 Å². The predicted molar refractivity (Wildman–Crippen MR) is 245 cm³/mol. The molecular formula is C52H47F4N5O4. The molecule has 0 fully saturated rings. The van der Waals surface area contributed by atoms with Gasteiger partial charge in [0, 0.05) is 74.3 Å². The first-order chi connectivity index (χ1) is 31.1. The second-order valence-electron chi connectivity index (χ2n) is 16.7. The van der Waals surface area contributed by atoms with Crippen LogP contribution in [0.5, 0.6) is 0 Å². The molecule has 5 aromatic heterocycles. The summed E-state index contributed by atoms with van der Waals surface area (Å²) in [5, 5.41) is 2.28. The fourth-order valence-electron chi connectivity index (χ4n) is 8.88. The molecule has 65 heavy (non-hydrogen) atoms. The predicted octanol–water partition coefficient (Wildman–Crippen LogP) is 12.3. The summed E-state index contributed by atoms with van der Waals surface area (Å²) in [6, 6.07) is 26.3. The number of hydrogen-bond donors (Lipinski definition) is 0. The Balaban J connectivity index is 1.32. The Morgan fingerprint density at radius 1 is 0.723 bits per heavy atom. The highest BCUT2D eigenvalue weighted by molar-refractivity contribution is 6.05. The first-order valence-corrected chi connectivity index (χ1v) is 21.8. The van der Waals surface area contributed by atoms with Gasteiger partial charge in [0.05, 0.1) is 22.9 Å². The first-order valence-electron chi connectivity index (χ1n) is 21.8. The molecule has 0 aliphatic carbocycles. The molecule has 0 aliphatic heterocycles. The van der Waals surface area contributed by atoms with Gasteiger partial charge < -0.3 is 4.74 Å². The van der Waals surface area contributed by atoms with Crippen LogP contribution in [0.15, 0.2) is 102 Å². The van der Waals surface area contributed by atoms with E-state index in [0.717, 1.165) is 16.6 Å². The smallest absolute Gasteiger partial charge is 0.389 e. The number of carbonyl (C=O) groups is 2. The maximum absolute atomic E-state index is 15.1. The van der Waals surface area contributed by atoms with E-state index >= 15 is 4.79 Å². The van der Waals surface area contributed by atoms with Gasteiger partial charge in [-0.15, -0.1) is 0 Å². The van der Waals surface area contributed by atoms with E-state index in [0.29, 0.717) is 79.3 Å². The minimum absolute atomic E-state index is 0.0774. The molecule has 5 heterocycles. The van der Waals surface area contributed by atoms with Crippen LogP contribution in [0.25, 0.3) is 66.1 Å². The molecular weight excluding hydrogens is 835 g/mol. The maximum atomic E-state index is 15.1. The van der Waals surface area contributed by atoms with E-state index in [9.17, 15) is 27.2 Å². The highest BCUT2D eigenvalue weighted by Gasteiger charge is 2.37. The lowest BCUT2D eigenvalue weighted by Crippen LogP contribution is -2.32. The van der Waals surface area contributed by atoms with E-state index in [4.69, 9.17) is 19.7 Å². The average Bonchev–Trinajstić information content (AvgIpc) is 3.27. The Bertz CT molecular complexity index is 3190. The zero-order chi connectivity index (χ0) is 46.2. The topological polar surface area (TPSA) is 117 Å². The molecule has 9 nitrogen and oxygen atoms in total. The molecule has 0 N–H and O–H groups in total. The third kappa shape index (κ3) is 9.09. The molecule has 0 saturated carbocycles. The van der Waals surface area contributed by atoms with Gasteiger partial charge in [-0.2, -0.15) is 13.2 Å². The van der Waals surface area contributed by atoms with Crippen molar-refractivity contribution in [1.82, 2.24) is 24.5 Å². The van der Waals surface area contributed by atoms with Crippen molar-refractivity contribution in [3.8, 4) is 22.3 Å². The molecule has 2 unspecified atom stereocenters. The third-order valence-corrected chi connectivity index (χ3v) is 11.9. The number of ether oxygens (including phenoxy) is 1. The number of pyridine rings is 5. The number of esters is 2. The van der Waals surface area contributed by atoms with E-state index in [1.807, 2.05) is 88.4 Å². The molecule has 0 saturated heterocycles. The summed E-state index contributed by atoms with van der Waals surface area (Å²) in [6.45, 7) is 9.37. The van der Waals surface area contributed by atoms with E-state index < -0.39 is 54.2 Å². The Morgan fingerprint density at radius 3 is 2.09 bits per heavy atom. The number of para-hydroxylation sites is 1. The van der Waals surface area contributed by atoms with Crippen molar-refractivity contribution in [2.75, 3.05) is 0 Å². The molecule has 8 aromatic rings. The Morgan fingerprint density at radius 2 is 1.40 bits per heavy atom. The second-order valence-corrected chi connectivity index (χ2v) is 16.7. The van der Waals surface area contributed by atoms with Gasteiger partial charge in [-0.25, -0.2) is 19.3 Å². The van der Waals surface area contributed by atoms with Crippen molar-refractivity contribution >= 4 is 55.8 Å². The molecule has 0 radical (unpaired) electrons. The SMILES string of the molecule is CCCC(C(=O)OC(=O)C(CCCC(F)(F)F)c1c(C)nc2nc3ccccc3cc2c1-c1ccc(C)nc1)c1c(-c2ccc(C)cc2)c2cc3cc(F)ccc3nc2n(CCC)c1=O. The van der Waals surface area contributed by atoms with Gasteiger partial charge >= 0.3 is 18.1 Å². The Hall–Kier alpha value is -6.89. The number of halogens is 4. The van der Waals surface area contributed by atoms with Crippen LogP contribution in [0.1, 0.15) is 92.3 Å². The largest absolute Gasteiger partial charge is 0.392 e. The summed E-state index contributed by atoms with van der Waals surface area (Å²) in [5.74, 6) is -5.28. The van der Waals surface area contributed by atoms with Gasteiger partial charge in [0.25, 0.3) is 5.56 Å². The lowest BCUT2D eigenvalue weighted by atomic mass is 9.84. The van der Waals surface area contributed by atoms with Crippen molar-refractivity contribution in [2.24, 2.45) is 0 Å². The number of alkyl halides is 3. The fourth-order valence-corrected chi connectivity index (χ4v) is 8.88. The van der Waals surface area contributed by atoms with Crippen LogP contribution in [0.3, 0.4) is 0 Å². The molecule has 13 heteroatoms. The molecule has 332 valence electrons. The number of nitrogens with zero attached hydrogens (tertiary/aromatic N) is 5. The zero-order valence-corrected chi connectivity index (χ0v) is 36.7. The molecule has 0 aliphatic rings. The average molecular weight is 882 g/mol. The monoisotopic (exact) mass is 881 g/mol. The summed E-state index contributed by atoms with van der Waals surface area (Å²) in [7, 11) is 0. The summed E-state index contributed by atoms with van der Waals surface area (Å²) in [5.41, 5.74) is 5.73. The Kier molecular flexibility index (Phi) is 12.6. The van der Waals surface area contributed by atoms with E-state index in [2.05, 4.69) is 4.98 Å². The highest BCUT2D eigenvalue weighted by Crippen LogP contribution is 2.42. The number of rotatable bonds is 13. The van der Waals surface area contributed by atoms with Crippen LogP contribution in [0, 0.1) is 26.6 Å². The number of aryl methyl sites for hydroxylation is 4. The fraction of sp³-hybridized carbons (Fsp3) is 0.288. The lowest BCUT2D eigenvalue weighted by Gasteiger charge is -2.25. The minimum atomic E-state index is -4.52. The van der Waals surface area contributed by atoms with Crippen LogP contribution in [-0.2, 0) is 20.9 Å². The third-order valence-electron chi connectivity index (χ3n) is 11.9. The lowest BCUT2D eigenvalue weighted by molar-refractivity contribution is -0.162. The minimum Gasteiger partial charge on any atom is -0.392 e. The quantitative estimate of drug-likeness (QED) is 0.0486. The van der Waals surface area contributed by atoms with Crippen molar-refractivity contribution in [1.29, 1.82) is 0 Å². The summed E-state index contributed by atoms with van der Waals surface area (Å²) >= 11 is 0. The first kappa shape index (κ1) is 44.7. The number of benzene rings is 3.